The monoisotopic (exact) mass is 211 g/mol. The first-order valence-corrected chi connectivity index (χ1v) is 4.53. The van der Waals surface area contributed by atoms with E-state index in [4.69, 9.17) is 0 Å². The number of carbonyl (C=O) groups is 2. The summed E-state index contributed by atoms with van der Waals surface area (Å²) in [6.07, 6.45) is 2.57. The van der Waals surface area contributed by atoms with E-state index in [1.54, 1.807) is 0 Å². The van der Waals surface area contributed by atoms with Crippen molar-refractivity contribution in [2.45, 2.75) is 13.8 Å². The van der Waals surface area contributed by atoms with Crippen molar-refractivity contribution in [2.75, 3.05) is 12.0 Å². The Morgan fingerprint density at radius 3 is 2.40 bits per heavy atom. The molecule has 1 heterocycles. The van der Waals surface area contributed by atoms with Gasteiger partial charge >= 0.3 is 11.8 Å². The molecule has 82 valence electrons. The Balaban J connectivity index is 2.37. The number of aromatic nitrogens is 3. The maximum atomic E-state index is 11.2. The minimum Gasteiger partial charge on any atom is -0.348 e. The summed E-state index contributed by atoms with van der Waals surface area (Å²) >= 11 is 0. The first kappa shape index (κ1) is 11.2. The number of nitrogens with zero attached hydrogens (tertiary/aromatic N) is 3. The molecule has 0 bridgehead atoms. The van der Waals surface area contributed by atoms with Crippen molar-refractivity contribution in [1.29, 1.82) is 0 Å². The van der Waals surface area contributed by atoms with E-state index in [9.17, 15) is 9.59 Å². The quantitative estimate of drug-likeness (QED) is 0.635. The second kappa shape index (κ2) is 5.08. The van der Waals surface area contributed by atoms with Gasteiger partial charge in [-0.25, -0.2) is 4.68 Å². The van der Waals surface area contributed by atoms with Gasteiger partial charge < -0.3 is 5.32 Å². The number of carbonyl (C=O) groups excluding carboxylic acids is 2. The molecule has 1 aromatic heterocycles. The molecule has 0 aliphatic heterocycles. The average Bonchev–Trinajstić information content (AvgIpc) is 2.66. The molecule has 2 N–H and O–H groups in total. The third-order valence-corrected chi connectivity index (χ3v) is 1.53. The van der Waals surface area contributed by atoms with Gasteiger partial charge in [0.15, 0.2) is 0 Å². The number of hydrogen-bond acceptors (Lipinski definition) is 4. The summed E-state index contributed by atoms with van der Waals surface area (Å²) in [7, 11) is 0. The molecule has 0 fully saturated rings. The molecule has 2 amide bonds. The van der Waals surface area contributed by atoms with Gasteiger partial charge in [-0.1, -0.05) is 13.8 Å². The lowest BCUT2D eigenvalue weighted by molar-refractivity contribution is -0.136. The molecule has 0 spiro atoms. The SMILES string of the molecule is CC(C)CNC(=O)C(=O)Nn1cnnc1. The molecule has 0 radical (unpaired) electrons. The number of hydrogen-bond donors (Lipinski definition) is 2. The minimum atomic E-state index is -0.740. The highest BCUT2D eigenvalue weighted by Gasteiger charge is 2.13. The molecule has 0 unspecified atom stereocenters. The summed E-state index contributed by atoms with van der Waals surface area (Å²) in [5.74, 6) is -1.11. The second-order valence-electron chi connectivity index (χ2n) is 3.41. The van der Waals surface area contributed by atoms with Gasteiger partial charge in [-0.2, -0.15) is 0 Å². The van der Waals surface area contributed by atoms with E-state index in [0.29, 0.717) is 12.5 Å². The van der Waals surface area contributed by atoms with Crippen molar-refractivity contribution in [2.24, 2.45) is 5.92 Å². The molecule has 7 nitrogen and oxygen atoms in total. The van der Waals surface area contributed by atoms with Crippen LogP contribution in [0.2, 0.25) is 0 Å². The number of rotatable bonds is 3. The zero-order valence-electron chi connectivity index (χ0n) is 8.60. The lowest BCUT2D eigenvalue weighted by Crippen LogP contribution is -2.39. The zero-order chi connectivity index (χ0) is 11.3. The first-order valence-electron chi connectivity index (χ1n) is 4.53. The van der Waals surface area contributed by atoms with Crippen LogP contribution in [0.15, 0.2) is 12.7 Å². The van der Waals surface area contributed by atoms with Crippen LogP contribution >= 0.6 is 0 Å². The van der Waals surface area contributed by atoms with Crippen LogP contribution in [-0.2, 0) is 9.59 Å². The summed E-state index contributed by atoms with van der Waals surface area (Å²) in [4.78, 5) is 22.4. The molecule has 0 atom stereocenters. The molecule has 0 aliphatic rings. The van der Waals surface area contributed by atoms with Gasteiger partial charge in [0.05, 0.1) is 0 Å². The van der Waals surface area contributed by atoms with Crippen LogP contribution in [0.1, 0.15) is 13.8 Å². The highest BCUT2D eigenvalue weighted by atomic mass is 16.2. The first-order chi connectivity index (χ1) is 7.09. The largest absolute Gasteiger partial charge is 0.348 e. The van der Waals surface area contributed by atoms with Crippen molar-refractivity contribution < 1.29 is 9.59 Å². The van der Waals surface area contributed by atoms with Gasteiger partial charge in [-0.15, -0.1) is 10.2 Å². The van der Waals surface area contributed by atoms with E-state index in [1.807, 2.05) is 13.8 Å². The van der Waals surface area contributed by atoms with Gasteiger partial charge in [-0.3, -0.25) is 15.0 Å². The number of amides is 2. The molecule has 15 heavy (non-hydrogen) atoms. The van der Waals surface area contributed by atoms with Crippen LogP contribution in [0.5, 0.6) is 0 Å². The Morgan fingerprint density at radius 2 is 1.87 bits per heavy atom. The summed E-state index contributed by atoms with van der Waals surface area (Å²) in [5.41, 5.74) is 2.29. The Kier molecular flexibility index (Phi) is 3.78. The van der Waals surface area contributed by atoms with Crippen molar-refractivity contribution in [3.63, 3.8) is 0 Å². The molecular formula is C8H13N5O2. The summed E-state index contributed by atoms with van der Waals surface area (Å²) in [6.45, 7) is 4.35. The smallest absolute Gasteiger partial charge is 0.328 e. The van der Waals surface area contributed by atoms with Gasteiger partial charge in [0.2, 0.25) is 0 Å². The van der Waals surface area contributed by atoms with E-state index in [-0.39, 0.29) is 0 Å². The molecule has 7 heteroatoms. The van der Waals surface area contributed by atoms with Crippen LogP contribution in [0, 0.1) is 5.92 Å². The van der Waals surface area contributed by atoms with E-state index in [2.05, 4.69) is 20.9 Å². The van der Waals surface area contributed by atoms with E-state index in [0.717, 1.165) is 0 Å². The van der Waals surface area contributed by atoms with Crippen LogP contribution in [0.3, 0.4) is 0 Å². The van der Waals surface area contributed by atoms with Gasteiger partial charge in [0.25, 0.3) is 0 Å². The Bertz CT molecular complexity index is 333. The molecule has 0 aromatic carbocycles. The molecule has 1 aromatic rings. The minimum absolute atomic E-state index is 0.302. The average molecular weight is 211 g/mol. The Labute approximate surface area is 86.8 Å². The van der Waals surface area contributed by atoms with Crippen molar-refractivity contribution in [3.8, 4) is 0 Å². The standard InChI is InChI=1S/C8H13N5O2/c1-6(2)3-9-7(14)8(15)12-13-4-10-11-5-13/h4-6H,3H2,1-2H3,(H,9,14)(H,12,15). The van der Waals surface area contributed by atoms with Crippen LogP contribution in [0.25, 0.3) is 0 Å². The lowest BCUT2D eigenvalue weighted by Gasteiger charge is -2.07. The molecule has 1 rings (SSSR count). The topological polar surface area (TPSA) is 88.9 Å². The third kappa shape index (κ3) is 3.75. The Hall–Kier alpha value is -1.92. The van der Waals surface area contributed by atoms with Crippen LogP contribution in [0.4, 0.5) is 0 Å². The normalized spacial score (nSPS) is 10.1. The predicted molar refractivity (Wildman–Crippen MR) is 52.2 cm³/mol. The van der Waals surface area contributed by atoms with Crippen LogP contribution in [-0.4, -0.2) is 33.2 Å². The van der Waals surface area contributed by atoms with Gasteiger partial charge in [0, 0.05) is 6.54 Å². The fourth-order valence-corrected chi connectivity index (χ4v) is 0.804. The molecule has 0 aliphatic carbocycles. The number of nitrogens with one attached hydrogen (secondary N) is 2. The highest BCUT2D eigenvalue weighted by Crippen LogP contribution is 1.87. The van der Waals surface area contributed by atoms with Gasteiger partial charge in [-0.05, 0) is 5.92 Å². The van der Waals surface area contributed by atoms with Crippen LogP contribution < -0.4 is 10.7 Å². The highest BCUT2D eigenvalue weighted by molar-refractivity contribution is 6.38. The van der Waals surface area contributed by atoms with Gasteiger partial charge in [0.1, 0.15) is 12.7 Å². The van der Waals surface area contributed by atoms with Crippen molar-refractivity contribution in [3.05, 3.63) is 12.7 Å². The van der Waals surface area contributed by atoms with Crippen molar-refractivity contribution >= 4 is 11.8 Å². The summed E-state index contributed by atoms with van der Waals surface area (Å²) in [5, 5.41) is 9.44. The van der Waals surface area contributed by atoms with E-state index < -0.39 is 11.8 Å². The molecule has 0 saturated carbocycles. The van der Waals surface area contributed by atoms with Crippen molar-refractivity contribution in [1.82, 2.24) is 20.2 Å². The maximum Gasteiger partial charge on any atom is 0.328 e. The van der Waals surface area contributed by atoms with E-state index >= 15 is 0 Å². The second-order valence-corrected chi connectivity index (χ2v) is 3.41. The maximum absolute atomic E-state index is 11.2. The Morgan fingerprint density at radius 1 is 1.27 bits per heavy atom. The third-order valence-electron chi connectivity index (χ3n) is 1.53. The predicted octanol–water partition coefficient (Wildman–Crippen LogP) is -0.880. The van der Waals surface area contributed by atoms with E-state index in [1.165, 1.54) is 17.3 Å². The fraction of sp³-hybridized carbons (Fsp3) is 0.500. The molecule has 0 saturated heterocycles. The molecular weight excluding hydrogens is 198 g/mol. The zero-order valence-corrected chi connectivity index (χ0v) is 8.60. The summed E-state index contributed by atoms with van der Waals surface area (Å²) in [6, 6.07) is 0. The fourth-order valence-electron chi connectivity index (χ4n) is 0.804. The lowest BCUT2D eigenvalue weighted by atomic mass is 10.2. The summed E-state index contributed by atoms with van der Waals surface area (Å²) < 4.78 is 1.21.